The number of aromatic amines is 1. The summed E-state index contributed by atoms with van der Waals surface area (Å²) in [6.07, 6.45) is 2.44. The number of imidazole rings is 1. The molecule has 0 saturated carbocycles. The Labute approximate surface area is 107 Å². The van der Waals surface area contributed by atoms with Crippen LogP contribution in [-0.2, 0) is 6.54 Å². The van der Waals surface area contributed by atoms with Crippen LogP contribution >= 0.6 is 0 Å². The van der Waals surface area contributed by atoms with E-state index in [2.05, 4.69) is 27.0 Å². The van der Waals surface area contributed by atoms with Crippen molar-refractivity contribution in [1.82, 2.24) is 14.9 Å². The molecule has 1 aliphatic rings. The number of nitrogens with one attached hydrogen (secondary N) is 1. The van der Waals surface area contributed by atoms with Gasteiger partial charge in [0, 0.05) is 0 Å². The quantitative estimate of drug-likeness (QED) is 0.864. The van der Waals surface area contributed by atoms with Crippen LogP contribution in [0.5, 0.6) is 0 Å². The van der Waals surface area contributed by atoms with Gasteiger partial charge in [0.25, 0.3) is 0 Å². The summed E-state index contributed by atoms with van der Waals surface area (Å²) in [5.74, 6) is 1.79. The maximum absolute atomic E-state index is 5.72. The summed E-state index contributed by atoms with van der Waals surface area (Å²) in [5, 5.41) is 0. The zero-order valence-corrected chi connectivity index (χ0v) is 10.6. The van der Waals surface area contributed by atoms with Gasteiger partial charge in [0.15, 0.2) is 0 Å². The average Bonchev–Trinajstić information content (AvgIpc) is 2.82. The summed E-state index contributed by atoms with van der Waals surface area (Å²) >= 11 is 0. The lowest BCUT2D eigenvalue weighted by molar-refractivity contribution is 0.177. The van der Waals surface area contributed by atoms with Gasteiger partial charge in [-0.05, 0) is 50.5 Å². The van der Waals surface area contributed by atoms with Crippen molar-refractivity contribution in [2.24, 2.45) is 11.7 Å². The Morgan fingerprint density at radius 1 is 1.28 bits per heavy atom. The van der Waals surface area contributed by atoms with E-state index in [1.54, 1.807) is 0 Å². The largest absolute Gasteiger partial charge is 0.341 e. The zero-order valence-electron chi connectivity index (χ0n) is 10.6. The molecule has 0 atom stereocenters. The molecule has 2 aromatic rings. The minimum Gasteiger partial charge on any atom is -0.341 e. The molecular formula is C14H20N4. The number of fused-ring (bicyclic) bond motifs is 1. The van der Waals surface area contributed by atoms with E-state index in [0.29, 0.717) is 0 Å². The molecule has 4 heteroatoms. The number of rotatable bonds is 3. The van der Waals surface area contributed by atoms with Gasteiger partial charge in [-0.25, -0.2) is 4.98 Å². The third-order valence-corrected chi connectivity index (χ3v) is 3.85. The molecule has 1 fully saturated rings. The first-order valence-corrected chi connectivity index (χ1v) is 6.71. The van der Waals surface area contributed by atoms with Crippen LogP contribution in [0.4, 0.5) is 0 Å². The molecule has 0 amide bonds. The molecule has 0 radical (unpaired) electrons. The SMILES string of the molecule is NCC1CCN(Cc2nc3ccccc3[nH]2)CC1. The standard InChI is InChI=1S/C14H20N4/c15-9-11-5-7-18(8-6-11)10-14-16-12-3-1-2-4-13(12)17-14/h1-4,11H,5-10,15H2,(H,16,17). The first kappa shape index (κ1) is 11.7. The van der Waals surface area contributed by atoms with E-state index < -0.39 is 0 Å². The fraction of sp³-hybridized carbons (Fsp3) is 0.500. The molecular weight excluding hydrogens is 224 g/mol. The molecule has 96 valence electrons. The molecule has 0 unspecified atom stereocenters. The number of benzene rings is 1. The zero-order chi connectivity index (χ0) is 12.4. The molecule has 1 aliphatic heterocycles. The highest BCUT2D eigenvalue weighted by Crippen LogP contribution is 2.18. The molecule has 0 aliphatic carbocycles. The maximum Gasteiger partial charge on any atom is 0.121 e. The number of H-pyrrole nitrogens is 1. The Bertz CT molecular complexity index is 478. The maximum atomic E-state index is 5.72. The van der Waals surface area contributed by atoms with E-state index in [9.17, 15) is 0 Å². The number of likely N-dealkylation sites (tertiary alicyclic amines) is 1. The van der Waals surface area contributed by atoms with Crippen LogP contribution < -0.4 is 5.73 Å². The normalized spacial score (nSPS) is 18.5. The van der Waals surface area contributed by atoms with Crippen molar-refractivity contribution < 1.29 is 0 Å². The van der Waals surface area contributed by atoms with Crippen LogP contribution in [0.25, 0.3) is 11.0 Å². The lowest BCUT2D eigenvalue weighted by atomic mass is 9.97. The van der Waals surface area contributed by atoms with Gasteiger partial charge in [-0.2, -0.15) is 0 Å². The van der Waals surface area contributed by atoms with E-state index >= 15 is 0 Å². The third kappa shape index (κ3) is 2.40. The van der Waals surface area contributed by atoms with Gasteiger partial charge in [-0.15, -0.1) is 0 Å². The first-order chi connectivity index (χ1) is 8.85. The van der Waals surface area contributed by atoms with Crippen LogP contribution in [0.15, 0.2) is 24.3 Å². The molecule has 18 heavy (non-hydrogen) atoms. The van der Waals surface area contributed by atoms with Crippen LogP contribution in [0, 0.1) is 5.92 Å². The Morgan fingerprint density at radius 2 is 2.06 bits per heavy atom. The molecule has 4 nitrogen and oxygen atoms in total. The minimum absolute atomic E-state index is 0.719. The summed E-state index contributed by atoms with van der Waals surface area (Å²) in [6.45, 7) is 4.03. The molecule has 1 aromatic heterocycles. The van der Waals surface area contributed by atoms with Crippen molar-refractivity contribution in [3.8, 4) is 0 Å². The number of nitrogens with zero attached hydrogens (tertiary/aromatic N) is 2. The first-order valence-electron chi connectivity index (χ1n) is 6.71. The lowest BCUT2D eigenvalue weighted by Gasteiger charge is -2.30. The minimum atomic E-state index is 0.719. The fourth-order valence-corrected chi connectivity index (χ4v) is 2.67. The summed E-state index contributed by atoms with van der Waals surface area (Å²) in [5.41, 5.74) is 7.90. The number of hydrogen-bond donors (Lipinski definition) is 2. The molecule has 1 aromatic carbocycles. The van der Waals surface area contributed by atoms with Gasteiger partial charge < -0.3 is 10.7 Å². The van der Waals surface area contributed by atoms with Gasteiger partial charge >= 0.3 is 0 Å². The summed E-state index contributed by atoms with van der Waals surface area (Å²) in [4.78, 5) is 10.5. The highest BCUT2D eigenvalue weighted by Gasteiger charge is 2.18. The molecule has 0 spiro atoms. The van der Waals surface area contributed by atoms with Crippen molar-refractivity contribution in [2.75, 3.05) is 19.6 Å². The van der Waals surface area contributed by atoms with Crippen molar-refractivity contribution in [2.45, 2.75) is 19.4 Å². The van der Waals surface area contributed by atoms with Crippen LogP contribution in [-0.4, -0.2) is 34.5 Å². The Balaban J connectivity index is 1.66. The third-order valence-electron chi connectivity index (χ3n) is 3.85. The van der Waals surface area contributed by atoms with Gasteiger partial charge in [0.1, 0.15) is 5.82 Å². The van der Waals surface area contributed by atoms with E-state index in [1.807, 2.05) is 12.1 Å². The average molecular weight is 244 g/mol. The number of aromatic nitrogens is 2. The lowest BCUT2D eigenvalue weighted by Crippen LogP contribution is -2.35. The Kier molecular flexibility index (Phi) is 3.30. The van der Waals surface area contributed by atoms with Gasteiger partial charge in [-0.3, -0.25) is 4.90 Å². The second-order valence-electron chi connectivity index (χ2n) is 5.16. The second-order valence-corrected chi connectivity index (χ2v) is 5.16. The van der Waals surface area contributed by atoms with Crippen LogP contribution in [0.2, 0.25) is 0 Å². The fourth-order valence-electron chi connectivity index (χ4n) is 2.67. The second kappa shape index (κ2) is 5.08. The monoisotopic (exact) mass is 244 g/mol. The molecule has 1 saturated heterocycles. The highest BCUT2D eigenvalue weighted by molar-refractivity contribution is 5.74. The Hall–Kier alpha value is -1.39. The van der Waals surface area contributed by atoms with Gasteiger partial charge in [0.05, 0.1) is 17.6 Å². The number of nitrogens with two attached hydrogens (primary N) is 1. The van der Waals surface area contributed by atoms with Crippen LogP contribution in [0.1, 0.15) is 18.7 Å². The van der Waals surface area contributed by atoms with E-state index in [0.717, 1.165) is 49.0 Å². The summed E-state index contributed by atoms with van der Waals surface area (Å²) in [7, 11) is 0. The van der Waals surface area contributed by atoms with Gasteiger partial charge in [-0.1, -0.05) is 12.1 Å². The van der Waals surface area contributed by atoms with Crippen molar-refractivity contribution in [1.29, 1.82) is 0 Å². The predicted molar refractivity (Wildman–Crippen MR) is 73.1 cm³/mol. The summed E-state index contributed by atoms with van der Waals surface area (Å²) < 4.78 is 0. The van der Waals surface area contributed by atoms with E-state index in [1.165, 1.54) is 12.8 Å². The van der Waals surface area contributed by atoms with Crippen LogP contribution in [0.3, 0.4) is 0 Å². The van der Waals surface area contributed by atoms with Crippen molar-refractivity contribution in [3.05, 3.63) is 30.1 Å². The summed E-state index contributed by atoms with van der Waals surface area (Å²) in [6, 6.07) is 8.19. The van der Waals surface area contributed by atoms with Crippen molar-refractivity contribution in [3.63, 3.8) is 0 Å². The molecule has 2 heterocycles. The molecule has 3 rings (SSSR count). The predicted octanol–water partition coefficient (Wildman–Crippen LogP) is 1.73. The number of hydrogen-bond acceptors (Lipinski definition) is 3. The molecule has 3 N–H and O–H groups in total. The van der Waals surface area contributed by atoms with E-state index in [-0.39, 0.29) is 0 Å². The topological polar surface area (TPSA) is 57.9 Å². The smallest absolute Gasteiger partial charge is 0.121 e. The van der Waals surface area contributed by atoms with Gasteiger partial charge in [0.2, 0.25) is 0 Å². The Morgan fingerprint density at radius 3 is 2.78 bits per heavy atom. The van der Waals surface area contributed by atoms with E-state index in [4.69, 9.17) is 5.73 Å². The number of piperidine rings is 1. The van der Waals surface area contributed by atoms with Crippen molar-refractivity contribution >= 4 is 11.0 Å². The number of para-hydroxylation sites is 2. The highest BCUT2D eigenvalue weighted by atomic mass is 15.2. The molecule has 0 bridgehead atoms.